The van der Waals surface area contributed by atoms with Crippen molar-refractivity contribution in [2.75, 3.05) is 0 Å². The van der Waals surface area contributed by atoms with Crippen molar-refractivity contribution in [2.24, 2.45) is 0 Å². The first-order valence-electron chi connectivity index (χ1n) is 9.77. The van der Waals surface area contributed by atoms with Gasteiger partial charge in [0.2, 0.25) is 0 Å². The van der Waals surface area contributed by atoms with Crippen molar-refractivity contribution in [3.8, 4) is 0 Å². The molecule has 0 aliphatic heterocycles. The van der Waals surface area contributed by atoms with E-state index < -0.39 is 5.97 Å². The summed E-state index contributed by atoms with van der Waals surface area (Å²) in [5.74, 6) is -0.355. The summed E-state index contributed by atoms with van der Waals surface area (Å²) in [6, 6.07) is 13.4. The number of ether oxygens (including phenoxy) is 1. The zero-order chi connectivity index (χ0) is 22.1. The van der Waals surface area contributed by atoms with E-state index >= 15 is 0 Å². The number of carbonyl (C=O) groups is 1. The van der Waals surface area contributed by atoms with Gasteiger partial charge >= 0.3 is 5.97 Å². The van der Waals surface area contributed by atoms with E-state index in [4.69, 9.17) is 16.3 Å². The number of rotatable bonds is 5. The Hall–Kier alpha value is -3.45. The van der Waals surface area contributed by atoms with Crippen molar-refractivity contribution >= 4 is 28.5 Å². The third-order valence-electron chi connectivity index (χ3n) is 5.05. The molecular formula is C23H21ClN4O3. The first-order valence-corrected chi connectivity index (χ1v) is 10.2. The highest BCUT2D eigenvalue weighted by atomic mass is 35.5. The monoisotopic (exact) mass is 436 g/mol. The van der Waals surface area contributed by atoms with Gasteiger partial charge in [0, 0.05) is 0 Å². The molecule has 4 rings (SSSR count). The fourth-order valence-electron chi connectivity index (χ4n) is 3.38. The van der Waals surface area contributed by atoms with Crippen LogP contribution in [0.5, 0.6) is 0 Å². The van der Waals surface area contributed by atoms with Crippen LogP contribution in [-0.4, -0.2) is 25.7 Å². The van der Waals surface area contributed by atoms with Crippen LogP contribution in [0.2, 0.25) is 5.15 Å². The zero-order valence-electron chi connectivity index (χ0n) is 17.4. The molecule has 0 atom stereocenters. The summed E-state index contributed by atoms with van der Waals surface area (Å²) >= 11 is 6.44. The Morgan fingerprint density at radius 2 is 1.87 bits per heavy atom. The molecule has 0 saturated carbocycles. The van der Waals surface area contributed by atoms with Crippen LogP contribution in [0.4, 0.5) is 0 Å². The first-order chi connectivity index (χ1) is 14.8. The van der Waals surface area contributed by atoms with Crippen LogP contribution < -0.4 is 5.56 Å². The molecule has 0 radical (unpaired) electrons. The van der Waals surface area contributed by atoms with Crippen LogP contribution in [0.1, 0.15) is 38.6 Å². The molecule has 0 aliphatic rings. The molecule has 8 heteroatoms. The molecule has 4 aromatic rings. The zero-order valence-corrected chi connectivity index (χ0v) is 18.2. The number of aromatic amines is 1. The van der Waals surface area contributed by atoms with Gasteiger partial charge in [-0.2, -0.15) is 5.10 Å². The fourth-order valence-corrected chi connectivity index (χ4v) is 3.69. The number of esters is 1. The molecule has 0 amide bonds. The normalized spacial score (nSPS) is 11.1. The molecule has 7 nitrogen and oxygen atoms in total. The number of aromatic nitrogens is 4. The van der Waals surface area contributed by atoms with Gasteiger partial charge in [-0.25, -0.2) is 14.5 Å². The van der Waals surface area contributed by atoms with Crippen molar-refractivity contribution < 1.29 is 9.53 Å². The highest BCUT2D eigenvalue weighted by molar-refractivity contribution is 6.32. The van der Waals surface area contributed by atoms with Crippen molar-refractivity contribution in [1.82, 2.24) is 19.7 Å². The van der Waals surface area contributed by atoms with Gasteiger partial charge in [-0.05, 0) is 38.0 Å². The van der Waals surface area contributed by atoms with E-state index in [9.17, 15) is 9.59 Å². The number of para-hydroxylation sites is 1. The Kier molecular flexibility index (Phi) is 5.61. The van der Waals surface area contributed by atoms with Crippen molar-refractivity contribution in [3.05, 3.63) is 91.7 Å². The molecule has 31 heavy (non-hydrogen) atoms. The minimum absolute atomic E-state index is 0.183. The Bertz CT molecular complexity index is 1340. The van der Waals surface area contributed by atoms with E-state index in [1.165, 1.54) is 0 Å². The second-order valence-corrected chi connectivity index (χ2v) is 7.81. The Morgan fingerprint density at radius 1 is 1.13 bits per heavy atom. The highest BCUT2D eigenvalue weighted by Crippen LogP contribution is 2.22. The third kappa shape index (κ3) is 4.22. The van der Waals surface area contributed by atoms with Crippen LogP contribution >= 0.6 is 11.6 Å². The highest BCUT2D eigenvalue weighted by Gasteiger charge is 2.22. The average molecular weight is 437 g/mol. The summed E-state index contributed by atoms with van der Waals surface area (Å²) in [7, 11) is 0. The standard InChI is InChI=1S/C23H21ClN4O3/c1-13-7-9-16(10-8-13)11-28-21(24)19(15(3)27-28)23(30)31-12-18-25-20-14(2)5-4-6-17(20)22(29)26-18/h4-10H,11-12H2,1-3H3,(H,25,26,29). The van der Waals surface area contributed by atoms with Gasteiger partial charge in [-0.3, -0.25) is 4.79 Å². The Morgan fingerprint density at radius 3 is 2.61 bits per heavy atom. The molecule has 0 aliphatic carbocycles. The SMILES string of the molecule is Cc1ccc(Cn2nc(C)c(C(=O)OCc3nc4c(C)cccc4c(=O)[nH]3)c2Cl)cc1. The molecule has 2 aromatic heterocycles. The molecule has 0 unspecified atom stereocenters. The number of hydrogen-bond donors (Lipinski definition) is 1. The van der Waals surface area contributed by atoms with Gasteiger partial charge in [0.25, 0.3) is 5.56 Å². The van der Waals surface area contributed by atoms with Crippen LogP contribution in [0.25, 0.3) is 10.9 Å². The van der Waals surface area contributed by atoms with E-state index in [1.807, 2.05) is 44.2 Å². The number of H-pyrrole nitrogens is 1. The number of nitrogens with zero attached hydrogens (tertiary/aromatic N) is 3. The molecule has 0 spiro atoms. The second kappa shape index (κ2) is 8.35. The lowest BCUT2D eigenvalue weighted by Gasteiger charge is -2.07. The van der Waals surface area contributed by atoms with Gasteiger partial charge in [0.05, 0.1) is 23.1 Å². The first kappa shape index (κ1) is 20.8. The molecule has 158 valence electrons. The van der Waals surface area contributed by atoms with E-state index in [0.717, 1.165) is 16.7 Å². The van der Waals surface area contributed by atoms with E-state index in [0.29, 0.717) is 23.1 Å². The van der Waals surface area contributed by atoms with Crippen molar-refractivity contribution in [1.29, 1.82) is 0 Å². The summed E-state index contributed by atoms with van der Waals surface area (Å²) < 4.78 is 6.96. The Labute approximate surface area is 183 Å². The molecular weight excluding hydrogens is 416 g/mol. The number of hydrogen-bond acceptors (Lipinski definition) is 5. The maximum absolute atomic E-state index is 12.7. The van der Waals surface area contributed by atoms with Gasteiger partial charge < -0.3 is 9.72 Å². The number of halogens is 1. The lowest BCUT2D eigenvalue weighted by atomic mass is 10.1. The maximum Gasteiger partial charge on any atom is 0.343 e. The summed E-state index contributed by atoms with van der Waals surface area (Å²) in [6.07, 6.45) is 0. The number of aryl methyl sites for hydroxylation is 3. The quantitative estimate of drug-likeness (QED) is 0.475. The minimum Gasteiger partial charge on any atom is -0.454 e. The van der Waals surface area contributed by atoms with Crippen LogP contribution in [0.15, 0.2) is 47.3 Å². The van der Waals surface area contributed by atoms with Crippen molar-refractivity contribution in [3.63, 3.8) is 0 Å². The van der Waals surface area contributed by atoms with E-state index in [-0.39, 0.29) is 28.7 Å². The van der Waals surface area contributed by atoms with Crippen LogP contribution in [0.3, 0.4) is 0 Å². The third-order valence-corrected chi connectivity index (χ3v) is 5.43. The number of nitrogens with one attached hydrogen (secondary N) is 1. The summed E-state index contributed by atoms with van der Waals surface area (Å²) in [4.78, 5) is 32.1. The van der Waals surface area contributed by atoms with E-state index in [2.05, 4.69) is 15.1 Å². The van der Waals surface area contributed by atoms with Crippen molar-refractivity contribution in [2.45, 2.75) is 33.9 Å². The predicted octanol–water partition coefficient (Wildman–Crippen LogP) is 4.10. The van der Waals surface area contributed by atoms with Crippen LogP contribution in [0, 0.1) is 20.8 Å². The van der Waals surface area contributed by atoms with Gasteiger partial charge in [0.15, 0.2) is 0 Å². The van der Waals surface area contributed by atoms with Crippen LogP contribution in [-0.2, 0) is 17.9 Å². The summed E-state index contributed by atoms with van der Waals surface area (Å²) in [5.41, 5.74) is 4.02. The fraction of sp³-hybridized carbons (Fsp3) is 0.217. The lowest BCUT2D eigenvalue weighted by molar-refractivity contribution is 0.0461. The number of carbonyl (C=O) groups excluding carboxylic acids is 1. The maximum atomic E-state index is 12.7. The average Bonchev–Trinajstić information content (AvgIpc) is 3.02. The topological polar surface area (TPSA) is 89.9 Å². The second-order valence-electron chi connectivity index (χ2n) is 7.45. The number of fused-ring (bicyclic) bond motifs is 1. The summed E-state index contributed by atoms with van der Waals surface area (Å²) in [6.45, 7) is 5.84. The van der Waals surface area contributed by atoms with Gasteiger partial charge in [0.1, 0.15) is 23.1 Å². The minimum atomic E-state index is -0.620. The summed E-state index contributed by atoms with van der Waals surface area (Å²) in [5, 5.41) is 5.08. The predicted molar refractivity (Wildman–Crippen MR) is 118 cm³/mol. The molecule has 2 heterocycles. The molecule has 0 saturated heterocycles. The largest absolute Gasteiger partial charge is 0.454 e. The molecule has 2 aromatic carbocycles. The van der Waals surface area contributed by atoms with Gasteiger partial charge in [-0.15, -0.1) is 0 Å². The molecule has 0 bridgehead atoms. The molecule has 0 fully saturated rings. The Balaban J connectivity index is 1.53. The van der Waals surface area contributed by atoms with E-state index in [1.54, 1.807) is 23.7 Å². The lowest BCUT2D eigenvalue weighted by Crippen LogP contribution is -2.15. The smallest absolute Gasteiger partial charge is 0.343 e. The number of benzene rings is 2. The van der Waals surface area contributed by atoms with Gasteiger partial charge in [-0.1, -0.05) is 53.6 Å². The molecule has 1 N–H and O–H groups in total.